The van der Waals surface area contributed by atoms with E-state index in [2.05, 4.69) is 26.2 Å². The molecule has 0 radical (unpaired) electrons. The number of anilines is 1. The lowest BCUT2D eigenvalue weighted by molar-refractivity contribution is 0.477. The Labute approximate surface area is 105 Å². The quantitative estimate of drug-likeness (QED) is 0.837. The van der Waals surface area contributed by atoms with Gasteiger partial charge in [0.05, 0.1) is 5.69 Å². The van der Waals surface area contributed by atoms with Crippen LogP contribution >= 0.6 is 0 Å². The topological polar surface area (TPSA) is 67.7 Å². The molecule has 94 valence electrons. The van der Waals surface area contributed by atoms with Crippen molar-refractivity contribution in [1.29, 1.82) is 0 Å². The summed E-state index contributed by atoms with van der Waals surface area (Å²) in [5.74, 6) is 0.704. The second kappa shape index (κ2) is 5.14. The number of piperidine rings is 1. The predicted octanol–water partition coefficient (Wildman–Crippen LogP) is 0.826. The second-order valence-corrected chi connectivity index (χ2v) is 4.44. The Morgan fingerprint density at radius 1 is 1.28 bits per heavy atom. The zero-order chi connectivity index (χ0) is 12.2. The van der Waals surface area contributed by atoms with Crippen molar-refractivity contribution in [3.05, 3.63) is 30.3 Å². The average Bonchev–Trinajstić information content (AvgIpc) is 2.89. The van der Waals surface area contributed by atoms with E-state index in [-0.39, 0.29) is 0 Å². The summed E-state index contributed by atoms with van der Waals surface area (Å²) in [7, 11) is 0. The van der Waals surface area contributed by atoms with Gasteiger partial charge in [0.2, 0.25) is 5.95 Å². The van der Waals surface area contributed by atoms with Crippen LogP contribution < -0.4 is 10.6 Å². The number of hydrogen-bond acceptors (Lipinski definition) is 5. The summed E-state index contributed by atoms with van der Waals surface area (Å²) in [6, 6.07) is 10.3. The first-order valence-corrected chi connectivity index (χ1v) is 6.24. The molecule has 0 bridgehead atoms. The van der Waals surface area contributed by atoms with Gasteiger partial charge < -0.3 is 10.6 Å². The first kappa shape index (κ1) is 11.2. The molecule has 2 heterocycles. The second-order valence-electron chi connectivity index (χ2n) is 4.44. The van der Waals surface area contributed by atoms with Crippen LogP contribution in [0.5, 0.6) is 0 Å². The minimum absolute atomic E-state index is 0.396. The summed E-state index contributed by atoms with van der Waals surface area (Å²) in [4.78, 5) is 0. The highest BCUT2D eigenvalue weighted by Crippen LogP contribution is 2.13. The third-order valence-corrected chi connectivity index (χ3v) is 3.10. The monoisotopic (exact) mass is 244 g/mol. The highest BCUT2D eigenvalue weighted by atomic mass is 15.6. The van der Waals surface area contributed by atoms with Crippen molar-refractivity contribution in [3.8, 4) is 5.69 Å². The molecule has 1 atom stereocenters. The largest absolute Gasteiger partial charge is 0.349 e. The Hall–Kier alpha value is -1.95. The van der Waals surface area contributed by atoms with E-state index in [0.29, 0.717) is 12.0 Å². The minimum Gasteiger partial charge on any atom is -0.349 e. The van der Waals surface area contributed by atoms with Gasteiger partial charge in [-0.2, -0.15) is 4.68 Å². The lowest BCUT2D eigenvalue weighted by atomic mass is 10.1. The summed E-state index contributed by atoms with van der Waals surface area (Å²) >= 11 is 0. The fourth-order valence-electron chi connectivity index (χ4n) is 2.18. The van der Waals surface area contributed by atoms with E-state index in [0.717, 1.165) is 25.2 Å². The molecule has 6 heteroatoms. The highest BCUT2D eigenvalue weighted by Gasteiger charge is 2.16. The van der Waals surface area contributed by atoms with Crippen LogP contribution in [-0.2, 0) is 0 Å². The Kier molecular flexibility index (Phi) is 3.18. The van der Waals surface area contributed by atoms with Gasteiger partial charge in [0.15, 0.2) is 0 Å². The van der Waals surface area contributed by atoms with Crippen LogP contribution in [0.15, 0.2) is 30.3 Å². The summed E-state index contributed by atoms with van der Waals surface area (Å²) in [6.45, 7) is 2.06. The van der Waals surface area contributed by atoms with Crippen molar-refractivity contribution in [3.63, 3.8) is 0 Å². The highest BCUT2D eigenvalue weighted by molar-refractivity contribution is 5.38. The summed E-state index contributed by atoms with van der Waals surface area (Å²) in [6.07, 6.45) is 2.33. The first-order valence-electron chi connectivity index (χ1n) is 6.24. The Morgan fingerprint density at radius 2 is 2.17 bits per heavy atom. The standard InChI is InChI=1S/C12H16N6/c1-2-6-11(7-3-1)18-12(15-16-17-18)14-10-5-4-8-13-9-10/h1-3,6-7,10,13H,4-5,8-9H2,(H,14,15,17). The van der Waals surface area contributed by atoms with E-state index in [4.69, 9.17) is 0 Å². The molecule has 1 aliphatic rings. The van der Waals surface area contributed by atoms with Gasteiger partial charge in [0, 0.05) is 12.6 Å². The molecule has 0 spiro atoms. The van der Waals surface area contributed by atoms with Crippen LogP contribution in [0.3, 0.4) is 0 Å². The fourth-order valence-corrected chi connectivity index (χ4v) is 2.18. The molecule has 2 N–H and O–H groups in total. The van der Waals surface area contributed by atoms with E-state index >= 15 is 0 Å². The number of hydrogen-bond donors (Lipinski definition) is 2. The molecule has 18 heavy (non-hydrogen) atoms. The number of nitrogens with zero attached hydrogens (tertiary/aromatic N) is 4. The lowest BCUT2D eigenvalue weighted by Crippen LogP contribution is -2.39. The molecule has 0 amide bonds. The van der Waals surface area contributed by atoms with Crippen LogP contribution in [0.2, 0.25) is 0 Å². The maximum absolute atomic E-state index is 4.05. The number of aromatic nitrogens is 4. The zero-order valence-electron chi connectivity index (χ0n) is 10.1. The Morgan fingerprint density at radius 3 is 2.94 bits per heavy atom. The van der Waals surface area contributed by atoms with E-state index in [1.807, 2.05) is 30.3 Å². The van der Waals surface area contributed by atoms with Crippen molar-refractivity contribution in [2.45, 2.75) is 18.9 Å². The maximum atomic E-state index is 4.05. The third kappa shape index (κ3) is 2.33. The number of nitrogens with one attached hydrogen (secondary N) is 2. The van der Waals surface area contributed by atoms with E-state index in [9.17, 15) is 0 Å². The molecule has 2 aromatic rings. The summed E-state index contributed by atoms with van der Waals surface area (Å²) < 4.78 is 1.73. The van der Waals surface area contributed by atoms with Gasteiger partial charge in [0.25, 0.3) is 0 Å². The van der Waals surface area contributed by atoms with Crippen LogP contribution in [0.25, 0.3) is 5.69 Å². The van der Waals surface area contributed by atoms with Crippen LogP contribution in [0.1, 0.15) is 12.8 Å². The number of rotatable bonds is 3. The lowest BCUT2D eigenvalue weighted by Gasteiger charge is -2.23. The van der Waals surface area contributed by atoms with Crippen molar-refractivity contribution in [1.82, 2.24) is 25.5 Å². The number of benzene rings is 1. The van der Waals surface area contributed by atoms with Crippen molar-refractivity contribution in [2.75, 3.05) is 18.4 Å². The number of tetrazole rings is 1. The molecule has 1 saturated heterocycles. The maximum Gasteiger partial charge on any atom is 0.248 e. The average molecular weight is 244 g/mol. The van der Waals surface area contributed by atoms with Crippen LogP contribution in [-0.4, -0.2) is 39.3 Å². The molecule has 6 nitrogen and oxygen atoms in total. The number of para-hydroxylation sites is 1. The van der Waals surface area contributed by atoms with Crippen molar-refractivity contribution < 1.29 is 0 Å². The summed E-state index contributed by atoms with van der Waals surface area (Å²) in [5, 5.41) is 18.6. The molecular formula is C12H16N6. The van der Waals surface area contributed by atoms with Gasteiger partial charge in [-0.1, -0.05) is 23.3 Å². The zero-order valence-corrected chi connectivity index (χ0v) is 10.1. The van der Waals surface area contributed by atoms with Gasteiger partial charge in [-0.3, -0.25) is 0 Å². The molecule has 1 fully saturated rings. The first-order chi connectivity index (χ1) is 8.93. The van der Waals surface area contributed by atoms with Gasteiger partial charge in [-0.05, 0) is 41.9 Å². The molecule has 1 aromatic heterocycles. The minimum atomic E-state index is 0.396. The predicted molar refractivity (Wildman–Crippen MR) is 68.7 cm³/mol. The van der Waals surface area contributed by atoms with Crippen LogP contribution in [0, 0.1) is 0 Å². The Balaban J connectivity index is 1.79. The molecule has 3 rings (SSSR count). The SMILES string of the molecule is c1ccc(-n2nnnc2NC2CCCNC2)cc1. The smallest absolute Gasteiger partial charge is 0.248 e. The van der Waals surface area contributed by atoms with Gasteiger partial charge in [-0.25, -0.2) is 0 Å². The van der Waals surface area contributed by atoms with E-state index < -0.39 is 0 Å². The van der Waals surface area contributed by atoms with Crippen LogP contribution in [0.4, 0.5) is 5.95 Å². The third-order valence-electron chi connectivity index (χ3n) is 3.10. The van der Waals surface area contributed by atoms with Crippen molar-refractivity contribution in [2.24, 2.45) is 0 Å². The fraction of sp³-hybridized carbons (Fsp3) is 0.417. The van der Waals surface area contributed by atoms with Gasteiger partial charge in [0.1, 0.15) is 0 Å². The normalized spacial score (nSPS) is 19.7. The van der Waals surface area contributed by atoms with Crippen molar-refractivity contribution >= 4 is 5.95 Å². The van der Waals surface area contributed by atoms with E-state index in [1.54, 1.807) is 4.68 Å². The molecular weight excluding hydrogens is 228 g/mol. The Bertz CT molecular complexity index is 488. The summed E-state index contributed by atoms with van der Waals surface area (Å²) in [5.41, 5.74) is 0.966. The van der Waals surface area contributed by atoms with Gasteiger partial charge >= 0.3 is 0 Å². The van der Waals surface area contributed by atoms with E-state index in [1.165, 1.54) is 6.42 Å². The molecule has 1 aromatic carbocycles. The molecule has 1 unspecified atom stereocenters. The van der Waals surface area contributed by atoms with Gasteiger partial charge in [-0.15, -0.1) is 0 Å². The molecule has 0 saturated carbocycles. The molecule has 0 aliphatic carbocycles. The molecule has 1 aliphatic heterocycles.